The minimum Gasteiger partial charge on any atom is -0.493 e. The zero-order chi connectivity index (χ0) is 24.8. The van der Waals surface area contributed by atoms with Gasteiger partial charge < -0.3 is 24.8 Å². The smallest absolute Gasteiger partial charge is 0.290 e. The fourth-order valence-corrected chi connectivity index (χ4v) is 5.62. The molecule has 0 spiro atoms. The lowest BCUT2D eigenvalue weighted by Crippen LogP contribution is -2.22. The van der Waals surface area contributed by atoms with Gasteiger partial charge in [0.25, 0.3) is 6.47 Å². The van der Waals surface area contributed by atoms with Gasteiger partial charge in [-0.25, -0.2) is 4.98 Å². The molecule has 2 fully saturated rings. The van der Waals surface area contributed by atoms with Gasteiger partial charge in [0.1, 0.15) is 5.82 Å². The molecule has 1 aliphatic heterocycles. The molecule has 0 unspecified atom stereocenters. The molecule has 7 nitrogen and oxygen atoms in total. The average molecular weight is 484 g/mol. The Bertz CT molecular complexity index is 1010. The molecule has 2 aromatic rings. The minimum atomic E-state index is -0.250. The van der Waals surface area contributed by atoms with Crippen LogP contribution in [-0.4, -0.2) is 61.4 Å². The number of pyridine rings is 1. The number of nitrogens with zero attached hydrogens (tertiary/aromatic N) is 2. The number of likely N-dealkylation sites (tertiary alicyclic amines) is 1. The SMILES string of the molecule is COc1cc2c3c(c(NCC4CCC4)nc2cc1OCCCN1CCCC1)CC(C)(C)C3.O=CO. The van der Waals surface area contributed by atoms with E-state index in [9.17, 15) is 0 Å². The number of ether oxygens (including phenoxy) is 2. The van der Waals surface area contributed by atoms with Crippen molar-refractivity contribution >= 4 is 23.2 Å². The molecule has 2 aliphatic carbocycles. The summed E-state index contributed by atoms with van der Waals surface area (Å²) in [5.74, 6) is 3.54. The molecular weight excluding hydrogens is 442 g/mol. The van der Waals surface area contributed by atoms with Gasteiger partial charge in [0.05, 0.1) is 19.2 Å². The normalized spacial score (nSPS) is 18.9. The number of carboxylic acid groups (broad SMARTS) is 1. The summed E-state index contributed by atoms with van der Waals surface area (Å²) in [7, 11) is 1.74. The van der Waals surface area contributed by atoms with E-state index >= 15 is 0 Å². The summed E-state index contributed by atoms with van der Waals surface area (Å²) < 4.78 is 12.0. The topological polar surface area (TPSA) is 83.9 Å². The third kappa shape index (κ3) is 6.18. The van der Waals surface area contributed by atoms with Crippen molar-refractivity contribution in [3.63, 3.8) is 0 Å². The monoisotopic (exact) mass is 483 g/mol. The summed E-state index contributed by atoms with van der Waals surface area (Å²) in [5, 5.41) is 11.8. The van der Waals surface area contributed by atoms with Crippen molar-refractivity contribution in [2.45, 2.75) is 65.2 Å². The van der Waals surface area contributed by atoms with Crippen molar-refractivity contribution in [3.05, 3.63) is 23.3 Å². The molecular formula is C28H41N3O4. The fraction of sp³-hybridized carbons (Fsp3) is 0.643. The first-order valence-corrected chi connectivity index (χ1v) is 13.1. The Kier molecular flexibility index (Phi) is 8.37. The maximum Gasteiger partial charge on any atom is 0.290 e. The zero-order valence-electron chi connectivity index (χ0n) is 21.6. The van der Waals surface area contributed by atoms with E-state index in [2.05, 4.69) is 36.2 Å². The van der Waals surface area contributed by atoms with Gasteiger partial charge in [0.15, 0.2) is 11.5 Å². The van der Waals surface area contributed by atoms with Crippen LogP contribution in [0.15, 0.2) is 12.1 Å². The Morgan fingerprint density at radius 2 is 1.86 bits per heavy atom. The largest absolute Gasteiger partial charge is 0.493 e. The molecule has 3 aliphatic rings. The van der Waals surface area contributed by atoms with Crippen molar-refractivity contribution < 1.29 is 19.4 Å². The van der Waals surface area contributed by atoms with E-state index in [1.807, 2.05) is 0 Å². The van der Waals surface area contributed by atoms with E-state index in [0.29, 0.717) is 6.61 Å². The molecule has 0 amide bonds. The standard InChI is InChI=1S/C27H39N3O2.CH2O2/c1-27(2)16-21-20-14-24(31-3)25(32-13-7-12-30-10-4-5-11-30)15-23(20)29-26(22(21)17-27)28-18-19-8-6-9-19;2-1-3/h14-15,19H,4-13,16-18H2,1-3H3,(H,28,29);1H,(H,2,3). The Labute approximate surface area is 209 Å². The highest BCUT2D eigenvalue weighted by Gasteiger charge is 2.33. The first kappa shape index (κ1) is 25.5. The quantitative estimate of drug-likeness (QED) is 0.377. The molecule has 0 bridgehead atoms. The third-order valence-electron chi connectivity index (χ3n) is 7.66. The van der Waals surface area contributed by atoms with E-state index in [1.54, 1.807) is 7.11 Å². The molecule has 0 atom stereocenters. The second kappa shape index (κ2) is 11.5. The molecule has 35 heavy (non-hydrogen) atoms. The van der Waals surface area contributed by atoms with Crippen molar-refractivity contribution in [3.8, 4) is 11.5 Å². The molecule has 0 radical (unpaired) electrons. The van der Waals surface area contributed by atoms with Gasteiger partial charge in [-0.1, -0.05) is 20.3 Å². The first-order chi connectivity index (χ1) is 16.9. The van der Waals surface area contributed by atoms with Crippen LogP contribution in [0.3, 0.4) is 0 Å². The number of carbonyl (C=O) groups is 1. The minimum absolute atomic E-state index is 0.250. The van der Waals surface area contributed by atoms with E-state index < -0.39 is 0 Å². The average Bonchev–Trinajstić information content (AvgIpc) is 3.42. The second-order valence-corrected chi connectivity index (χ2v) is 11.0. The van der Waals surface area contributed by atoms with Crippen molar-refractivity contribution in [1.29, 1.82) is 0 Å². The van der Waals surface area contributed by atoms with Crippen LogP contribution < -0.4 is 14.8 Å². The molecule has 2 heterocycles. The van der Waals surface area contributed by atoms with E-state index in [-0.39, 0.29) is 11.9 Å². The maximum absolute atomic E-state index is 8.36. The summed E-state index contributed by atoms with van der Waals surface area (Å²) in [5.41, 5.74) is 4.13. The number of nitrogens with one attached hydrogen (secondary N) is 1. The number of benzene rings is 1. The van der Waals surface area contributed by atoms with Crippen LogP contribution in [0.4, 0.5) is 5.82 Å². The Hall–Kier alpha value is -2.54. The summed E-state index contributed by atoms with van der Waals surface area (Å²) in [6, 6.07) is 4.26. The van der Waals surface area contributed by atoms with Gasteiger partial charge in [0.2, 0.25) is 0 Å². The number of hydrogen-bond donors (Lipinski definition) is 2. The zero-order valence-corrected chi connectivity index (χ0v) is 21.6. The predicted octanol–water partition coefficient (Wildman–Crippen LogP) is 5.15. The molecule has 1 saturated carbocycles. The van der Waals surface area contributed by atoms with Crippen LogP contribution in [0.2, 0.25) is 0 Å². The Morgan fingerprint density at radius 3 is 2.51 bits per heavy atom. The molecule has 7 heteroatoms. The van der Waals surface area contributed by atoms with Crippen LogP contribution in [0, 0.1) is 11.3 Å². The third-order valence-corrected chi connectivity index (χ3v) is 7.66. The van der Waals surface area contributed by atoms with Crippen LogP contribution in [-0.2, 0) is 17.6 Å². The first-order valence-electron chi connectivity index (χ1n) is 13.1. The number of hydrogen-bond acceptors (Lipinski definition) is 6. The number of anilines is 1. The predicted molar refractivity (Wildman–Crippen MR) is 140 cm³/mol. The summed E-state index contributed by atoms with van der Waals surface area (Å²) in [4.78, 5) is 16.0. The van der Waals surface area contributed by atoms with Gasteiger partial charge in [-0.05, 0) is 86.6 Å². The Morgan fingerprint density at radius 1 is 1.14 bits per heavy atom. The number of rotatable bonds is 9. The molecule has 192 valence electrons. The van der Waals surface area contributed by atoms with Gasteiger partial charge >= 0.3 is 0 Å². The highest BCUT2D eigenvalue weighted by molar-refractivity contribution is 5.89. The number of fused-ring (bicyclic) bond motifs is 3. The lowest BCUT2D eigenvalue weighted by Gasteiger charge is -2.26. The van der Waals surface area contributed by atoms with Gasteiger partial charge in [0, 0.05) is 24.5 Å². The summed E-state index contributed by atoms with van der Waals surface area (Å²) in [6.45, 7) is 9.83. The lowest BCUT2D eigenvalue weighted by molar-refractivity contribution is -0.122. The number of aromatic nitrogens is 1. The Balaban J connectivity index is 0.000000917. The molecule has 1 aromatic heterocycles. The van der Waals surface area contributed by atoms with Gasteiger partial charge in [-0.15, -0.1) is 0 Å². The van der Waals surface area contributed by atoms with Crippen molar-refractivity contribution in [1.82, 2.24) is 9.88 Å². The molecule has 5 rings (SSSR count). The van der Waals surface area contributed by atoms with E-state index in [0.717, 1.165) is 61.1 Å². The maximum atomic E-state index is 8.36. The summed E-state index contributed by atoms with van der Waals surface area (Å²) in [6.07, 6.45) is 9.95. The van der Waals surface area contributed by atoms with Crippen LogP contribution in [0.1, 0.15) is 63.5 Å². The van der Waals surface area contributed by atoms with Crippen molar-refractivity contribution in [2.75, 3.05) is 45.2 Å². The lowest BCUT2D eigenvalue weighted by atomic mass is 9.85. The molecule has 2 N–H and O–H groups in total. The van der Waals surface area contributed by atoms with Crippen LogP contribution in [0.25, 0.3) is 10.9 Å². The van der Waals surface area contributed by atoms with Crippen LogP contribution >= 0.6 is 0 Å². The fourth-order valence-electron chi connectivity index (χ4n) is 5.62. The highest BCUT2D eigenvalue weighted by atomic mass is 16.5. The van der Waals surface area contributed by atoms with Crippen molar-refractivity contribution in [2.24, 2.45) is 11.3 Å². The van der Waals surface area contributed by atoms with E-state index in [1.165, 1.54) is 61.7 Å². The van der Waals surface area contributed by atoms with Gasteiger partial charge in [-0.3, -0.25) is 4.79 Å². The van der Waals surface area contributed by atoms with Gasteiger partial charge in [-0.2, -0.15) is 0 Å². The molecule has 1 aromatic carbocycles. The molecule has 1 saturated heterocycles. The second-order valence-electron chi connectivity index (χ2n) is 11.0. The highest BCUT2D eigenvalue weighted by Crippen LogP contribution is 2.45. The number of methoxy groups -OCH3 is 1. The van der Waals surface area contributed by atoms with E-state index in [4.69, 9.17) is 24.4 Å². The summed E-state index contributed by atoms with van der Waals surface area (Å²) >= 11 is 0. The van der Waals surface area contributed by atoms with Crippen LogP contribution in [0.5, 0.6) is 11.5 Å².